The van der Waals surface area contributed by atoms with Crippen LogP contribution in [0, 0.1) is 0 Å². The Morgan fingerprint density at radius 2 is 1.92 bits per heavy atom. The van der Waals surface area contributed by atoms with Crippen molar-refractivity contribution in [3.8, 4) is 16.3 Å². The lowest BCUT2D eigenvalue weighted by atomic mass is 10.2. The number of carbonyl (C=O) groups excluding carboxylic acids is 1. The Morgan fingerprint density at radius 3 is 2.62 bits per heavy atom. The van der Waals surface area contributed by atoms with E-state index in [0.29, 0.717) is 20.8 Å². The van der Waals surface area contributed by atoms with Crippen molar-refractivity contribution in [2.75, 3.05) is 17.7 Å². The van der Waals surface area contributed by atoms with Gasteiger partial charge in [0.1, 0.15) is 10.8 Å². The maximum atomic E-state index is 12.0. The summed E-state index contributed by atoms with van der Waals surface area (Å²) in [5.41, 5.74) is 1.50. The Hall–Kier alpha value is -2.64. The molecular weight excluding hydrogens is 348 g/mol. The van der Waals surface area contributed by atoms with Crippen LogP contribution in [0.1, 0.15) is 0 Å². The molecule has 2 amide bonds. The molecule has 0 saturated heterocycles. The van der Waals surface area contributed by atoms with E-state index < -0.39 is 6.03 Å². The number of methoxy groups -OCH3 is 1. The van der Waals surface area contributed by atoms with Gasteiger partial charge in [-0.05, 0) is 42.5 Å². The SMILES string of the molecule is COc1ccc(-c2nnc(NC(=O)Nc3cccc(Cl)c3)s2)cc1. The molecule has 2 N–H and O–H groups in total. The van der Waals surface area contributed by atoms with Gasteiger partial charge in [0, 0.05) is 16.3 Å². The minimum atomic E-state index is -0.408. The van der Waals surface area contributed by atoms with Crippen LogP contribution in [-0.4, -0.2) is 23.3 Å². The molecule has 3 aromatic rings. The summed E-state index contributed by atoms with van der Waals surface area (Å²) in [6.07, 6.45) is 0. The van der Waals surface area contributed by atoms with Crippen LogP contribution in [0.3, 0.4) is 0 Å². The molecule has 0 spiro atoms. The monoisotopic (exact) mass is 360 g/mol. The number of urea groups is 1. The molecule has 0 aliphatic heterocycles. The summed E-state index contributed by atoms with van der Waals surface area (Å²) in [6, 6.07) is 13.9. The first-order chi connectivity index (χ1) is 11.6. The van der Waals surface area contributed by atoms with Crippen molar-refractivity contribution < 1.29 is 9.53 Å². The summed E-state index contributed by atoms with van der Waals surface area (Å²) in [6.45, 7) is 0. The Bertz CT molecular complexity index is 851. The highest BCUT2D eigenvalue weighted by Gasteiger charge is 2.10. The summed E-state index contributed by atoms with van der Waals surface area (Å²) in [5.74, 6) is 0.766. The molecule has 0 aliphatic carbocycles. The first-order valence-electron chi connectivity index (χ1n) is 6.95. The van der Waals surface area contributed by atoms with Gasteiger partial charge in [-0.2, -0.15) is 0 Å². The standard InChI is InChI=1S/C16H13ClN4O2S/c1-23-13-7-5-10(6-8-13)14-20-21-16(24-14)19-15(22)18-12-4-2-3-11(17)9-12/h2-9H,1H3,(H2,18,19,21,22). The molecule has 2 aromatic carbocycles. The van der Waals surface area contributed by atoms with Gasteiger partial charge in [-0.1, -0.05) is 29.0 Å². The van der Waals surface area contributed by atoms with E-state index in [9.17, 15) is 4.79 Å². The summed E-state index contributed by atoms with van der Waals surface area (Å²) in [7, 11) is 1.61. The second kappa shape index (κ2) is 7.29. The number of ether oxygens (including phenoxy) is 1. The van der Waals surface area contributed by atoms with Gasteiger partial charge in [-0.25, -0.2) is 4.79 Å². The molecule has 1 aromatic heterocycles. The molecule has 0 radical (unpaired) electrons. The minimum absolute atomic E-state index is 0.403. The molecule has 0 aliphatic rings. The second-order valence-electron chi connectivity index (χ2n) is 4.73. The van der Waals surface area contributed by atoms with E-state index in [1.165, 1.54) is 11.3 Å². The molecule has 6 nitrogen and oxygen atoms in total. The lowest BCUT2D eigenvalue weighted by molar-refractivity contribution is 0.262. The van der Waals surface area contributed by atoms with Gasteiger partial charge < -0.3 is 10.1 Å². The van der Waals surface area contributed by atoms with Crippen LogP contribution in [0.5, 0.6) is 5.75 Å². The van der Waals surface area contributed by atoms with Crippen molar-refractivity contribution in [2.24, 2.45) is 0 Å². The predicted molar refractivity (Wildman–Crippen MR) is 96.0 cm³/mol. The number of benzene rings is 2. The molecular formula is C16H13ClN4O2S. The van der Waals surface area contributed by atoms with Crippen LogP contribution >= 0.6 is 22.9 Å². The number of nitrogens with one attached hydrogen (secondary N) is 2. The average Bonchev–Trinajstić information content (AvgIpc) is 3.03. The van der Waals surface area contributed by atoms with Gasteiger partial charge in [0.2, 0.25) is 5.13 Å². The zero-order valence-electron chi connectivity index (χ0n) is 12.6. The van der Waals surface area contributed by atoms with Crippen molar-refractivity contribution in [3.05, 3.63) is 53.6 Å². The van der Waals surface area contributed by atoms with Crippen LogP contribution in [0.4, 0.5) is 15.6 Å². The highest BCUT2D eigenvalue weighted by molar-refractivity contribution is 7.18. The van der Waals surface area contributed by atoms with E-state index >= 15 is 0 Å². The van der Waals surface area contributed by atoms with E-state index in [0.717, 1.165) is 11.3 Å². The van der Waals surface area contributed by atoms with Crippen LogP contribution in [0.2, 0.25) is 5.02 Å². The first-order valence-corrected chi connectivity index (χ1v) is 8.15. The van der Waals surface area contributed by atoms with E-state index in [-0.39, 0.29) is 0 Å². The van der Waals surface area contributed by atoms with Gasteiger partial charge in [0.05, 0.1) is 7.11 Å². The Kier molecular flexibility index (Phi) is 4.93. The molecule has 1 heterocycles. The van der Waals surface area contributed by atoms with Crippen molar-refractivity contribution in [2.45, 2.75) is 0 Å². The van der Waals surface area contributed by atoms with Gasteiger partial charge in [-0.3, -0.25) is 5.32 Å². The summed E-state index contributed by atoms with van der Waals surface area (Å²) in [4.78, 5) is 12.0. The van der Waals surface area contributed by atoms with Crippen LogP contribution in [0.15, 0.2) is 48.5 Å². The Balaban J connectivity index is 1.65. The third kappa shape index (κ3) is 4.01. The molecule has 0 unspecified atom stereocenters. The van der Waals surface area contributed by atoms with E-state index in [4.69, 9.17) is 16.3 Å². The summed E-state index contributed by atoms with van der Waals surface area (Å²) < 4.78 is 5.12. The highest BCUT2D eigenvalue weighted by Crippen LogP contribution is 2.27. The van der Waals surface area contributed by atoms with Crippen LogP contribution < -0.4 is 15.4 Å². The third-order valence-corrected chi connectivity index (χ3v) is 4.19. The number of amides is 2. The Labute approximate surface area is 147 Å². The summed E-state index contributed by atoms with van der Waals surface area (Å²) >= 11 is 7.16. The lowest BCUT2D eigenvalue weighted by Crippen LogP contribution is -2.19. The maximum Gasteiger partial charge on any atom is 0.325 e. The van der Waals surface area contributed by atoms with Crippen molar-refractivity contribution in [1.29, 1.82) is 0 Å². The zero-order valence-corrected chi connectivity index (χ0v) is 14.2. The Morgan fingerprint density at radius 1 is 1.12 bits per heavy atom. The fourth-order valence-electron chi connectivity index (χ4n) is 1.95. The quantitative estimate of drug-likeness (QED) is 0.717. The number of carbonyl (C=O) groups is 1. The smallest absolute Gasteiger partial charge is 0.325 e. The first kappa shape index (κ1) is 16.2. The van der Waals surface area contributed by atoms with Crippen LogP contribution in [-0.2, 0) is 0 Å². The fourth-order valence-corrected chi connectivity index (χ4v) is 2.88. The topological polar surface area (TPSA) is 76.1 Å². The van der Waals surface area contributed by atoms with E-state index in [1.807, 2.05) is 24.3 Å². The number of hydrogen-bond donors (Lipinski definition) is 2. The van der Waals surface area contributed by atoms with Gasteiger partial charge in [-0.15, -0.1) is 10.2 Å². The molecule has 0 saturated carbocycles. The van der Waals surface area contributed by atoms with E-state index in [2.05, 4.69) is 20.8 Å². The van der Waals surface area contributed by atoms with Crippen molar-refractivity contribution >= 4 is 39.8 Å². The average molecular weight is 361 g/mol. The van der Waals surface area contributed by atoms with E-state index in [1.54, 1.807) is 31.4 Å². The molecule has 0 fully saturated rings. The maximum absolute atomic E-state index is 12.0. The second-order valence-corrected chi connectivity index (χ2v) is 6.14. The predicted octanol–water partition coefficient (Wildman–Crippen LogP) is 4.51. The zero-order chi connectivity index (χ0) is 16.9. The lowest BCUT2D eigenvalue weighted by Gasteiger charge is -2.04. The number of rotatable bonds is 4. The third-order valence-electron chi connectivity index (χ3n) is 3.06. The minimum Gasteiger partial charge on any atom is -0.497 e. The largest absolute Gasteiger partial charge is 0.497 e. The number of anilines is 2. The van der Waals surface area contributed by atoms with Gasteiger partial charge in [0.15, 0.2) is 0 Å². The van der Waals surface area contributed by atoms with Crippen molar-refractivity contribution in [1.82, 2.24) is 10.2 Å². The summed E-state index contributed by atoms with van der Waals surface area (Å²) in [5, 5.41) is 15.0. The highest BCUT2D eigenvalue weighted by atomic mass is 35.5. The molecule has 0 atom stereocenters. The van der Waals surface area contributed by atoms with Gasteiger partial charge >= 0.3 is 6.03 Å². The number of aromatic nitrogens is 2. The van der Waals surface area contributed by atoms with Crippen molar-refractivity contribution in [3.63, 3.8) is 0 Å². The number of nitrogens with zero attached hydrogens (tertiary/aromatic N) is 2. The molecule has 8 heteroatoms. The fraction of sp³-hybridized carbons (Fsp3) is 0.0625. The molecule has 24 heavy (non-hydrogen) atoms. The molecule has 122 valence electrons. The molecule has 3 rings (SSSR count). The van der Waals surface area contributed by atoms with Crippen LogP contribution in [0.25, 0.3) is 10.6 Å². The molecule has 0 bridgehead atoms. The van der Waals surface area contributed by atoms with Gasteiger partial charge in [0.25, 0.3) is 0 Å². The number of halogens is 1. The normalized spacial score (nSPS) is 10.2. The number of hydrogen-bond acceptors (Lipinski definition) is 5.